The maximum absolute atomic E-state index is 12.7. The summed E-state index contributed by atoms with van der Waals surface area (Å²) in [6.45, 7) is 0.0669. The summed E-state index contributed by atoms with van der Waals surface area (Å²) in [4.78, 5) is 37.5. The standard InChI is InChI=1S/C26H24N2O5S/c1-34-17-12-10-16(11-13-17)27-25(31)23(14-24(29)30)28-26(32)33-15-22-20-8-4-2-6-18(20)19-7-3-5-9-21(19)22/h2-13,22-23H,14-15H2,1H3,(H,27,31)(H,28,32)(H,29,30). The number of carboxylic acid groups (broad SMARTS) is 1. The van der Waals surface area contributed by atoms with Crippen molar-refractivity contribution < 1.29 is 24.2 Å². The van der Waals surface area contributed by atoms with Gasteiger partial charge >= 0.3 is 12.1 Å². The summed E-state index contributed by atoms with van der Waals surface area (Å²) in [6.07, 6.45) is 0.522. The van der Waals surface area contributed by atoms with Crippen LogP contribution < -0.4 is 10.6 Å². The van der Waals surface area contributed by atoms with Gasteiger partial charge in [-0.2, -0.15) is 0 Å². The lowest BCUT2D eigenvalue weighted by Gasteiger charge is -2.19. The number of thioether (sulfide) groups is 1. The molecule has 0 aliphatic heterocycles. The molecule has 8 heteroatoms. The van der Waals surface area contributed by atoms with Crippen LogP contribution in [0.15, 0.2) is 77.7 Å². The first-order valence-corrected chi connectivity index (χ1v) is 12.0. The highest BCUT2D eigenvalue weighted by Crippen LogP contribution is 2.44. The average Bonchev–Trinajstić information content (AvgIpc) is 3.16. The Morgan fingerprint density at radius 3 is 2.09 bits per heavy atom. The molecule has 0 bridgehead atoms. The number of fused-ring (bicyclic) bond motifs is 3. The third-order valence-electron chi connectivity index (χ3n) is 5.69. The lowest BCUT2D eigenvalue weighted by Crippen LogP contribution is -2.45. The van der Waals surface area contributed by atoms with Gasteiger partial charge in [-0.1, -0.05) is 48.5 Å². The third-order valence-corrected chi connectivity index (χ3v) is 6.43. The molecule has 7 nitrogen and oxygen atoms in total. The molecule has 3 aromatic rings. The summed E-state index contributed by atoms with van der Waals surface area (Å²) >= 11 is 1.56. The number of rotatable bonds is 8. The fraction of sp³-hybridized carbons (Fsp3) is 0.192. The van der Waals surface area contributed by atoms with Crippen molar-refractivity contribution in [1.82, 2.24) is 5.32 Å². The van der Waals surface area contributed by atoms with Crippen LogP contribution in [0.5, 0.6) is 0 Å². The summed E-state index contributed by atoms with van der Waals surface area (Å²) < 4.78 is 5.46. The van der Waals surface area contributed by atoms with Crippen LogP contribution in [0.2, 0.25) is 0 Å². The van der Waals surface area contributed by atoms with Crippen molar-refractivity contribution in [3.8, 4) is 11.1 Å². The Morgan fingerprint density at radius 2 is 1.53 bits per heavy atom. The second-order valence-corrected chi connectivity index (χ2v) is 8.72. The molecule has 1 aliphatic rings. The lowest BCUT2D eigenvalue weighted by molar-refractivity contribution is -0.139. The fourth-order valence-electron chi connectivity index (χ4n) is 4.07. The summed E-state index contributed by atoms with van der Waals surface area (Å²) in [6, 6.07) is 21.7. The Bertz CT molecular complexity index is 1170. The molecule has 0 radical (unpaired) electrons. The molecular formula is C26H24N2O5S. The van der Waals surface area contributed by atoms with E-state index in [9.17, 15) is 19.5 Å². The maximum Gasteiger partial charge on any atom is 0.407 e. The van der Waals surface area contributed by atoms with Crippen molar-refractivity contribution in [2.75, 3.05) is 18.2 Å². The highest BCUT2D eigenvalue weighted by Gasteiger charge is 2.30. The van der Waals surface area contributed by atoms with Crippen molar-refractivity contribution in [1.29, 1.82) is 0 Å². The molecular weight excluding hydrogens is 452 g/mol. The first-order chi connectivity index (χ1) is 16.5. The average molecular weight is 477 g/mol. The number of nitrogens with one attached hydrogen (secondary N) is 2. The zero-order chi connectivity index (χ0) is 24.1. The summed E-state index contributed by atoms with van der Waals surface area (Å²) in [7, 11) is 0. The topological polar surface area (TPSA) is 105 Å². The molecule has 0 fully saturated rings. The van der Waals surface area contributed by atoms with Crippen LogP contribution in [-0.4, -0.2) is 42.0 Å². The number of ether oxygens (including phenoxy) is 1. The SMILES string of the molecule is CSc1ccc(NC(=O)C(CC(=O)O)NC(=O)OCC2c3ccccc3-c3ccccc32)cc1. The summed E-state index contributed by atoms with van der Waals surface area (Å²) in [5.74, 6) is -1.98. The van der Waals surface area contributed by atoms with Gasteiger partial charge in [0.1, 0.15) is 12.6 Å². The van der Waals surface area contributed by atoms with E-state index in [0.717, 1.165) is 27.1 Å². The number of amides is 2. The van der Waals surface area contributed by atoms with E-state index in [4.69, 9.17) is 4.74 Å². The first kappa shape index (κ1) is 23.4. The quantitative estimate of drug-likeness (QED) is 0.406. The van der Waals surface area contributed by atoms with Gasteiger partial charge in [0, 0.05) is 16.5 Å². The zero-order valence-electron chi connectivity index (χ0n) is 18.5. The molecule has 0 saturated carbocycles. The van der Waals surface area contributed by atoms with Crippen LogP contribution >= 0.6 is 11.8 Å². The van der Waals surface area contributed by atoms with Crippen molar-refractivity contribution in [2.45, 2.75) is 23.3 Å². The molecule has 3 aromatic carbocycles. The molecule has 1 aliphatic carbocycles. The molecule has 0 aromatic heterocycles. The van der Waals surface area contributed by atoms with E-state index in [0.29, 0.717) is 5.69 Å². The van der Waals surface area contributed by atoms with Crippen molar-refractivity contribution in [3.63, 3.8) is 0 Å². The molecule has 0 spiro atoms. The molecule has 34 heavy (non-hydrogen) atoms. The predicted octanol–water partition coefficient (Wildman–Crippen LogP) is 4.73. The minimum Gasteiger partial charge on any atom is -0.481 e. The van der Waals surface area contributed by atoms with Gasteiger partial charge in [-0.15, -0.1) is 11.8 Å². The number of anilines is 1. The minimum absolute atomic E-state index is 0.0669. The van der Waals surface area contributed by atoms with Crippen molar-refractivity contribution in [2.24, 2.45) is 0 Å². The number of carbonyl (C=O) groups is 3. The number of hydrogen-bond donors (Lipinski definition) is 3. The molecule has 3 N–H and O–H groups in total. The smallest absolute Gasteiger partial charge is 0.407 e. The maximum atomic E-state index is 12.7. The first-order valence-electron chi connectivity index (χ1n) is 10.7. The van der Waals surface area contributed by atoms with Crippen LogP contribution in [0.25, 0.3) is 11.1 Å². The molecule has 2 amide bonds. The number of alkyl carbamates (subject to hydrolysis) is 1. The second kappa shape index (κ2) is 10.4. The van der Waals surface area contributed by atoms with Crippen LogP contribution in [0.4, 0.5) is 10.5 Å². The van der Waals surface area contributed by atoms with E-state index >= 15 is 0 Å². The summed E-state index contributed by atoms with van der Waals surface area (Å²) in [5, 5.41) is 14.3. The van der Waals surface area contributed by atoms with E-state index in [1.165, 1.54) is 0 Å². The van der Waals surface area contributed by atoms with Crippen LogP contribution in [-0.2, 0) is 14.3 Å². The summed E-state index contributed by atoms with van der Waals surface area (Å²) in [5.41, 5.74) is 4.83. The molecule has 1 atom stereocenters. The Morgan fingerprint density at radius 1 is 0.941 bits per heavy atom. The number of aliphatic carboxylic acids is 1. The Balaban J connectivity index is 1.41. The molecule has 4 rings (SSSR count). The van der Waals surface area contributed by atoms with Crippen molar-refractivity contribution >= 4 is 35.4 Å². The third kappa shape index (κ3) is 5.23. The van der Waals surface area contributed by atoms with Crippen LogP contribution in [0, 0.1) is 0 Å². The van der Waals surface area contributed by atoms with Gasteiger partial charge in [-0.25, -0.2) is 4.79 Å². The van der Waals surface area contributed by atoms with Gasteiger partial charge in [0.2, 0.25) is 5.91 Å². The Kier molecular flexibility index (Phi) is 7.18. The van der Waals surface area contributed by atoms with Crippen LogP contribution in [0.1, 0.15) is 23.5 Å². The highest BCUT2D eigenvalue weighted by atomic mass is 32.2. The van der Waals surface area contributed by atoms with Gasteiger partial charge in [0.25, 0.3) is 0 Å². The van der Waals surface area contributed by atoms with Crippen LogP contribution in [0.3, 0.4) is 0 Å². The van der Waals surface area contributed by atoms with E-state index in [-0.39, 0.29) is 12.5 Å². The normalized spacial score (nSPS) is 12.9. The number of benzene rings is 3. The molecule has 0 saturated heterocycles. The largest absolute Gasteiger partial charge is 0.481 e. The van der Waals surface area contributed by atoms with Gasteiger partial charge in [0.15, 0.2) is 0 Å². The highest BCUT2D eigenvalue weighted by molar-refractivity contribution is 7.98. The molecule has 174 valence electrons. The molecule has 0 heterocycles. The van der Waals surface area contributed by atoms with Gasteiger partial charge in [-0.05, 0) is 52.8 Å². The number of carboxylic acids is 1. The van der Waals surface area contributed by atoms with Gasteiger partial charge < -0.3 is 20.5 Å². The number of hydrogen-bond acceptors (Lipinski definition) is 5. The second-order valence-electron chi connectivity index (χ2n) is 7.84. The fourth-order valence-corrected chi connectivity index (χ4v) is 4.48. The zero-order valence-corrected chi connectivity index (χ0v) is 19.3. The monoisotopic (exact) mass is 476 g/mol. The van der Waals surface area contributed by atoms with E-state index in [1.807, 2.05) is 66.9 Å². The van der Waals surface area contributed by atoms with Gasteiger partial charge in [-0.3, -0.25) is 9.59 Å². The van der Waals surface area contributed by atoms with Crippen molar-refractivity contribution in [3.05, 3.63) is 83.9 Å². The Hall–Kier alpha value is -3.78. The van der Waals surface area contributed by atoms with Gasteiger partial charge in [0.05, 0.1) is 6.42 Å². The molecule has 1 unspecified atom stereocenters. The Labute approximate surface area is 201 Å². The lowest BCUT2D eigenvalue weighted by atomic mass is 9.98. The van der Waals surface area contributed by atoms with E-state index in [2.05, 4.69) is 10.6 Å². The predicted molar refractivity (Wildman–Crippen MR) is 131 cm³/mol. The minimum atomic E-state index is -1.28. The van der Waals surface area contributed by atoms with E-state index < -0.39 is 30.4 Å². The number of carbonyl (C=O) groups excluding carboxylic acids is 2. The van der Waals surface area contributed by atoms with E-state index in [1.54, 1.807) is 23.9 Å².